The van der Waals surface area contributed by atoms with Crippen LogP contribution >= 0.6 is 0 Å². The Morgan fingerprint density at radius 2 is 2.20 bits per heavy atom. The quantitative estimate of drug-likeness (QED) is 0.755. The van der Waals surface area contributed by atoms with Gasteiger partial charge in [0.05, 0.1) is 0 Å². The maximum absolute atomic E-state index is 13.0. The Labute approximate surface area is 87.9 Å². The molecule has 3 nitrogen and oxygen atoms in total. The summed E-state index contributed by atoms with van der Waals surface area (Å²) < 4.78 is 13.0. The van der Waals surface area contributed by atoms with E-state index >= 15 is 0 Å². The van der Waals surface area contributed by atoms with Crippen LogP contribution in [0, 0.1) is 5.82 Å². The van der Waals surface area contributed by atoms with Gasteiger partial charge in [-0.25, -0.2) is 9.18 Å². The maximum Gasteiger partial charge on any atom is 0.322 e. The van der Waals surface area contributed by atoms with E-state index in [0.717, 1.165) is 5.56 Å². The SMILES string of the molecule is CC(C)N1Cc2cc(F)ccc2NC1=O. The van der Waals surface area contributed by atoms with E-state index < -0.39 is 0 Å². The molecule has 0 bridgehead atoms. The number of hydrogen-bond donors (Lipinski definition) is 1. The number of fused-ring (bicyclic) bond motifs is 1. The van der Waals surface area contributed by atoms with Crippen LogP contribution < -0.4 is 5.32 Å². The molecule has 1 aromatic carbocycles. The zero-order valence-corrected chi connectivity index (χ0v) is 8.75. The number of carbonyl (C=O) groups is 1. The number of anilines is 1. The van der Waals surface area contributed by atoms with Crippen molar-refractivity contribution in [1.29, 1.82) is 0 Å². The van der Waals surface area contributed by atoms with E-state index in [1.807, 2.05) is 13.8 Å². The summed E-state index contributed by atoms with van der Waals surface area (Å²) in [4.78, 5) is 13.3. The van der Waals surface area contributed by atoms with E-state index in [2.05, 4.69) is 5.32 Å². The molecule has 15 heavy (non-hydrogen) atoms. The van der Waals surface area contributed by atoms with E-state index in [0.29, 0.717) is 12.2 Å². The summed E-state index contributed by atoms with van der Waals surface area (Å²) in [7, 11) is 0. The van der Waals surface area contributed by atoms with Crippen LogP contribution in [0.5, 0.6) is 0 Å². The third kappa shape index (κ3) is 1.79. The van der Waals surface area contributed by atoms with Crippen LogP contribution in [0.15, 0.2) is 18.2 Å². The van der Waals surface area contributed by atoms with Crippen molar-refractivity contribution in [3.05, 3.63) is 29.6 Å². The highest BCUT2D eigenvalue weighted by atomic mass is 19.1. The molecular weight excluding hydrogens is 195 g/mol. The fourth-order valence-corrected chi connectivity index (χ4v) is 1.67. The van der Waals surface area contributed by atoms with Gasteiger partial charge in [-0.2, -0.15) is 0 Å². The van der Waals surface area contributed by atoms with Crippen LogP contribution in [-0.4, -0.2) is 17.0 Å². The van der Waals surface area contributed by atoms with Gasteiger partial charge >= 0.3 is 6.03 Å². The third-order valence-corrected chi connectivity index (χ3v) is 2.53. The van der Waals surface area contributed by atoms with Gasteiger partial charge in [-0.05, 0) is 37.6 Å². The minimum atomic E-state index is -0.270. The van der Waals surface area contributed by atoms with Gasteiger partial charge in [0.25, 0.3) is 0 Å². The van der Waals surface area contributed by atoms with Crippen LogP contribution in [0.1, 0.15) is 19.4 Å². The molecule has 1 aliphatic heterocycles. The smallest absolute Gasteiger partial charge is 0.318 e. The summed E-state index contributed by atoms with van der Waals surface area (Å²) in [6.45, 7) is 4.34. The minimum Gasteiger partial charge on any atom is -0.318 e. The maximum atomic E-state index is 13.0. The minimum absolute atomic E-state index is 0.112. The number of hydrogen-bond acceptors (Lipinski definition) is 1. The van der Waals surface area contributed by atoms with Crippen LogP contribution in [0.25, 0.3) is 0 Å². The zero-order valence-electron chi connectivity index (χ0n) is 8.75. The number of urea groups is 1. The molecule has 0 saturated carbocycles. The summed E-state index contributed by atoms with van der Waals surface area (Å²) in [5.41, 5.74) is 1.53. The summed E-state index contributed by atoms with van der Waals surface area (Å²) in [6, 6.07) is 4.40. The van der Waals surface area contributed by atoms with Crippen LogP contribution in [0.2, 0.25) is 0 Å². The number of benzene rings is 1. The van der Waals surface area contributed by atoms with Gasteiger partial charge in [-0.15, -0.1) is 0 Å². The van der Waals surface area contributed by atoms with Crippen LogP contribution in [-0.2, 0) is 6.54 Å². The van der Waals surface area contributed by atoms with E-state index in [1.54, 1.807) is 11.0 Å². The predicted octanol–water partition coefficient (Wildman–Crippen LogP) is 2.58. The van der Waals surface area contributed by atoms with Crippen molar-refractivity contribution in [2.24, 2.45) is 0 Å². The fourth-order valence-electron chi connectivity index (χ4n) is 1.67. The lowest BCUT2D eigenvalue weighted by molar-refractivity contribution is 0.191. The van der Waals surface area contributed by atoms with Crippen molar-refractivity contribution in [1.82, 2.24) is 4.90 Å². The number of rotatable bonds is 1. The highest BCUT2D eigenvalue weighted by molar-refractivity contribution is 5.92. The molecule has 1 aromatic rings. The number of halogens is 1. The fraction of sp³-hybridized carbons (Fsp3) is 0.364. The highest BCUT2D eigenvalue weighted by Gasteiger charge is 2.24. The Balaban J connectivity index is 2.34. The Hall–Kier alpha value is -1.58. The third-order valence-electron chi connectivity index (χ3n) is 2.53. The topological polar surface area (TPSA) is 32.3 Å². The number of nitrogens with one attached hydrogen (secondary N) is 1. The van der Waals surface area contributed by atoms with Gasteiger partial charge in [-0.3, -0.25) is 0 Å². The first-order valence-electron chi connectivity index (χ1n) is 4.94. The first-order chi connectivity index (χ1) is 7.08. The number of nitrogens with zero attached hydrogens (tertiary/aromatic N) is 1. The molecule has 4 heteroatoms. The monoisotopic (exact) mass is 208 g/mol. The Morgan fingerprint density at radius 3 is 2.87 bits per heavy atom. The lowest BCUT2D eigenvalue weighted by atomic mass is 10.1. The Bertz CT molecular complexity index is 404. The van der Waals surface area contributed by atoms with Crippen molar-refractivity contribution in [2.75, 3.05) is 5.32 Å². The Kier molecular flexibility index (Phi) is 2.34. The molecule has 1 aliphatic rings. The van der Waals surface area contributed by atoms with Crippen molar-refractivity contribution in [3.8, 4) is 0 Å². The van der Waals surface area contributed by atoms with E-state index in [9.17, 15) is 9.18 Å². The molecule has 0 saturated heterocycles. The lowest BCUT2D eigenvalue weighted by Crippen LogP contribution is -2.42. The van der Waals surface area contributed by atoms with E-state index in [1.165, 1.54) is 12.1 Å². The normalized spacial score (nSPS) is 15.2. The van der Waals surface area contributed by atoms with Gasteiger partial charge < -0.3 is 10.2 Å². The zero-order chi connectivity index (χ0) is 11.0. The lowest BCUT2D eigenvalue weighted by Gasteiger charge is -2.32. The first kappa shape index (κ1) is 9.96. The van der Waals surface area contributed by atoms with Crippen molar-refractivity contribution < 1.29 is 9.18 Å². The second kappa shape index (κ2) is 3.53. The van der Waals surface area contributed by atoms with Crippen LogP contribution in [0.3, 0.4) is 0 Å². The van der Waals surface area contributed by atoms with E-state index in [-0.39, 0.29) is 17.9 Å². The summed E-state index contributed by atoms with van der Waals surface area (Å²) in [5.74, 6) is -0.270. The molecule has 0 atom stereocenters. The second-order valence-corrected chi connectivity index (χ2v) is 3.95. The molecule has 0 fully saturated rings. The molecule has 0 unspecified atom stereocenters. The van der Waals surface area contributed by atoms with Crippen molar-refractivity contribution >= 4 is 11.7 Å². The molecule has 0 radical (unpaired) electrons. The standard InChI is InChI=1S/C11H13FN2O/c1-7(2)14-6-8-5-9(12)3-4-10(8)13-11(14)15/h3-5,7H,6H2,1-2H3,(H,13,15). The average Bonchev–Trinajstić information content (AvgIpc) is 2.17. The van der Waals surface area contributed by atoms with Crippen molar-refractivity contribution in [2.45, 2.75) is 26.4 Å². The molecule has 2 rings (SSSR count). The number of amides is 2. The van der Waals surface area contributed by atoms with Gasteiger partial charge in [0.15, 0.2) is 0 Å². The van der Waals surface area contributed by atoms with Gasteiger partial charge in [0.1, 0.15) is 5.82 Å². The molecule has 1 N–H and O–H groups in total. The Morgan fingerprint density at radius 1 is 1.47 bits per heavy atom. The van der Waals surface area contributed by atoms with Gasteiger partial charge in [0, 0.05) is 18.3 Å². The van der Waals surface area contributed by atoms with Crippen molar-refractivity contribution in [3.63, 3.8) is 0 Å². The molecular formula is C11H13FN2O. The summed E-state index contributed by atoms with van der Waals surface area (Å²) in [5, 5.41) is 2.74. The molecule has 0 spiro atoms. The predicted molar refractivity (Wildman–Crippen MR) is 56.1 cm³/mol. The average molecular weight is 208 g/mol. The molecule has 1 heterocycles. The van der Waals surface area contributed by atoms with E-state index in [4.69, 9.17) is 0 Å². The largest absolute Gasteiger partial charge is 0.322 e. The van der Waals surface area contributed by atoms with Gasteiger partial charge in [-0.1, -0.05) is 0 Å². The van der Waals surface area contributed by atoms with Crippen LogP contribution in [0.4, 0.5) is 14.9 Å². The molecule has 2 amide bonds. The summed E-state index contributed by atoms with van der Waals surface area (Å²) in [6.07, 6.45) is 0. The molecule has 0 aromatic heterocycles. The first-order valence-corrected chi connectivity index (χ1v) is 4.94. The second-order valence-electron chi connectivity index (χ2n) is 3.95. The molecule has 80 valence electrons. The highest BCUT2D eigenvalue weighted by Crippen LogP contribution is 2.24. The number of carbonyl (C=O) groups excluding carboxylic acids is 1. The summed E-state index contributed by atoms with van der Waals surface area (Å²) >= 11 is 0. The molecule has 0 aliphatic carbocycles. The van der Waals surface area contributed by atoms with Gasteiger partial charge in [0.2, 0.25) is 0 Å².